The normalized spacial score (nSPS) is 10.9. The number of ether oxygens (including phenoxy) is 2. The van der Waals surface area contributed by atoms with E-state index in [2.05, 4.69) is 4.98 Å². The predicted molar refractivity (Wildman–Crippen MR) is 102 cm³/mol. The quantitative estimate of drug-likeness (QED) is 0.615. The Hall–Kier alpha value is -2.50. The maximum atomic E-state index is 12.9. The van der Waals surface area contributed by atoms with Gasteiger partial charge in [0.05, 0.1) is 13.7 Å². The maximum Gasteiger partial charge on any atom is 0.169 e. The summed E-state index contributed by atoms with van der Waals surface area (Å²) < 4.78 is 10.8. The van der Waals surface area contributed by atoms with Crippen LogP contribution in [0.4, 0.5) is 0 Å². The number of benzene rings is 2. The first-order chi connectivity index (χ1) is 12.5. The molecule has 0 aliphatic heterocycles. The molecule has 3 aromatic rings. The van der Waals surface area contributed by atoms with Gasteiger partial charge in [0.2, 0.25) is 0 Å². The monoisotopic (exact) mass is 373 g/mol. The number of methoxy groups -OCH3 is 1. The van der Waals surface area contributed by atoms with E-state index in [1.54, 1.807) is 31.5 Å². The third-order valence-corrected chi connectivity index (χ3v) is 4.46. The maximum absolute atomic E-state index is 12.9. The SMILES string of the molecule is COc1cc2[nH]cc(C(=O)Cc3ccc(Cl)cc3OCCO)c2cc1C. The van der Waals surface area contributed by atoms with Crippen molar-refractivity contribution in [3.8, 4) is 11.5 Å². The van der Waals surface area contributed by atoms with Gasteiger partial charge in [0.25, 0.3) is 0 Å². The van der Waals surface area contributed by atoms with Crippen molar-refractivity contribution in [2.45, 2.75) is 13.3 Å². The van der Waals surface area contributed by atoms with E-state index in [1.165, 1.54) is 0 Å². The lowest BCUT2D eigenvalue weighted by atomic mass is 10.0. The van der Waals surface area contributed by atoms with Gasteiger partial charge in [0.15, 0.2) is 5.78 Å². The van der Waals surface area contributed by atoms with Crippen molar-refractivity contribution in [2.24, 2.45) is 0 Å². The number of aliphatic hydroxyl groups is 1. The highest BCUT2D eigenvalue weighted by atomic mass is 35.5. The molecule has 2 aromatic carbocycles. The van der Waals surface area contributed by atoms with Crippen molar-refractivity contribution in [3.63, 3.8) is 0 Å². The molecule has 0 fully saturated rings. The lowest BCUT2D eigenvalue weighted by molar-refractivity contribution is 0.0993. The van der Waals surface area contributed by atoms with Crippen LogP contribution in [0.1, 0.15) is 21.5 Å². The molecule has 6 heteroatoms. The van der Waals surface area contributed by atoms with E-state index in [1.807, 2.05) is 19.1 Å². The van der Waals surface area contributed by atoms with Gasteiger partial charge in [-0.2, -0.15) is 0 Å². The zero-order chi connectivity index (χ0) is 18.7. The Kier molecular flexibility index (Phi) is 5.49. The molecule has 26 heavy (non-hydrogen) atoms. The first-order valence-corrected chi connectivity index (χ1v) is 8.62. The van der Waals surface area contributed by atoms with Gasteiger partial charge in [-0.3, -0.25) is 4.79 Å². The Morgan fingerprint density at radius 3 is 2.77 bits per heavy atom. The highest BCUT2D eigenvalue weighted by Crippen LogP contribution is 2.29. The summed E-state index contributed by atoms with van der Waals surface area (Å²) in [5.41, 5.74) is 3.16. The number of ketones is 1. The summed E-state index contributed by atoms with van der Waals surface area (Å²) in [6.45, 7) is 1.98. The molecule has 1 heterocycles. The lowest BCUT2D eigenvalue weighted by Gasteiger charge is -2.11. The fourth-order valence-corrected chi connectivity index (χ4v) is 3.10. The third-order valence-electron chi connectivity index (χ3n) is 4.23. The van der Waals surface area contributed by atoms with E-state index >= 15 is 0 Å². The smallest absolute Gasteiger partial charge is 0.169 e. The summed E-state index contributed by atoms with van der Waals surface area (Å²) in [4.78, 5) is 16.0. The first kappa shape index (κ1) is 18.3. The van der Waals surface area contributed by atoms with Crippen molar-refractivity contribution in [1.29, 1.82) is 0 Å². The molecule has 0 atom stereocenters. The highest BCUT2D eigenvalue weighted by Gasteiger charge is 2.17. The number of fused-ring (bicyclic) bond motifs is 1. The van der Waals surface area contributed by atoms with E-state index in [0.717, 1.165) is 27.8 Å². The topological polar surface area (TPSA) is 71.6 Å². The van der Waals surface area contributed by atoms with Gasteiger partial charge >= 0.3 is 0 Å². The molecule has 136 valence electrons. The number of aryl methyl sites for hydroxylation is 1. The summed E-state index contributed by atoms with van der Waals surface area (Å²) in [5.74, 6) is 1.25. The molecule has 0 saturated carbocycles. The van der Waals surface area contributed by atoms with Crippen LogP contribution >= 0.6 is 11.6 Å². The molecule has 0 amide bonds. The number of aromatic nitrogens is 1. The number of Topliss-reactive ketones (excluding diaryl/α,β-unsaturated/α-hetero) is 1. The number of carbonyl (C=O) groups is 1. The summed E-state index contributed by atoms with van der Waals surface area (Å²) in [6.07, 6.45) is 1.89. The zero-order valence-corrected chi connectivity index (χ0v) is 15.4. The third kappa shape index (κ3) is 3.69. The van der Waals surface area contributed by atoms with E-state index in [-0.39, 0.29) is 25.4 Å². The molecular formula is C20H20ClNO4. The van der Waals surface area contributed by atoms with Gasteiger partial charge in [0.1, 0.15) is 18.1 Å². The van der Waals surface area contributed by atoms with Gasteiger partial charge in [-0.05, 0) is 30.7 Å². The van der Waals surface area contributed by atoms with Crippen LogP contribution in [-0.2, 0) is 6.42 Å². The molecule has 3 rings (SSSR count). The van der Waals surface area contributed by atoms with Crippen LogP contribution in [0.3, 0.4) is 0 Å². The fraction of sp³-hybridized carbons (Fsp3) is 0.250. The Morgan fingerprint density at radius 2 is 2.04 bits per heavy atom. The summed E-state index contributed by atoms with van der Waals surface area (Å²) >= 11 is 6.01. The minimum absolute atomic E-state index is 0.0306. The zero-order valence-electron chi connectivity index (χ0n) is 14.6. The van der Waals surface area contributed by atoms with Gasteiger partial charge in [-0.15, -0.1) is 0 Å². The number of hydrogen-bond donors (Lipinski definition) is 2. The van der Waals surface area contributed by atoms with Gasteiger partial charge in [0, 0.05) is 45.7 Å². The number of carbonyl (C=O) groups excluding carboxylic acids is 1. The summed E-state index contributed by atoms with van der Waals surface area (Å²) in [6, 6.07) is 8.99. The summed E-state index contributed by atoms with van der Waals surface area (Å²) in [7, 11) is 1.62. The Morgan fingerprint density at radius 1 is 1.23 bits per heavy atom. The van der Waals surface area contributed by atoms with Crippen LogP contribution in [0.15, 0.2) is 36.5 Å². The predicted octanol–water partition coefficient (Wildman–Crippen LogP) is 3.93. The minimum atomic E-state index is -0.108. The van der Waals surface area contributed by atoms with Crippen LogP contribution in [0.25, 0.3) is 10.9 Å². The average Bonchev–Trinajstić information content (AvgIpc) is 3.03. The number of hydrogen-bond acceptors (Lipinski definition) is 4. The van der Waals surface area contributed by atoms with Crippen LogP contribution in [0.2, 0.25) is 5.02 Å². The average molecular weight is 374 g/mol. The number of aliphatic hydroxyl groups excluding tert-OH is 1. The van der Waals surface area contributed by atoms with Gasteiger partial charge in [-0.1, -0.05) is 17.7 Å². The first-order valence-electron chi connectivity index (χ1n) is 8.24. The van der Waals surface area contributed by atoms with Gasteiger partial charge in [-0.25, -0.2) is 0 Å². The van der Waals surface area contributed by atoms with Gasteiger partial charge < -0.3 is 19.6 Å². The van der Waals surface area contributed by atoms with Crippen LogP contribution in [0, 0.1) is 6.92 Å². The van der Waals surface area contributed by atoms with Crippen molar-refractivity contribution >= 4 is 28.3 Å². The molecule has 0 bridgehead atoms. The van der Waals surface area contributed by atoms with Crippen molar-refractivity contribution < 1.29 is 19.4 Å². The van der Waals surface area contributed by atoms with E-state index < -0.39 is 0 Å². The molecule has 0 spiro atoms. The molecule has 2 N–H and O–H groups in total. The van der Waals surface area contributed by atoms with Crippen molar-refractivity contribution in [3.05, 3.63) is 58.2 Å². The molecule has 1 aromatic heterocycles. The van der Waals surface area contributed by atoms with Crippen molar-refractivity contribution in [1.82, 2.24) is 4.98 Å². The van der Waals surface area contributed by atoms with Crippen LogP contribution < -0.4 is 9.47 Å². The largest absolute Gasteiger partial charge is 0.496 e. The molecule has 0 saturated heterocycles. The summed E-state index contributed by atoms with van der Waals surface area (Å²) in [5, 5.41) is 10.3. The van der Waals surface area contributed by atoms with E-state index in [0.29, 0.717) is 16.3 Å². The molecule has 0 aliphatic rings. The van der Waals surface area contributed by atoms with E-state index in [9.17, 15) is 4.79 Å². The number of rotatable bonds is 7. The Labute approximate surface area is 156 Å². The highest BCUT2D eigenvalue weighted by molar-refractivity contribution is 6.30. The standard InChI is InChI=1S/C20H20ClNO4/c1-12-7-15-16(11-22-17(15)10-19(12)25-2)18(24)8-13-3-4-14(21)9-20(13)26-6-5-23/h3-4,7,9-11,22-23H,5-6,8H2,1-2H3. The second kappa shape index (κ2) is 7.81. The van der Waals surface area contributed by atoms with Crippen LogP contribution in [0.5, 0.6) is 11.5 Å². The lowest BCUT2D eigenvalue weighted by Crippen LogP contribution is -2.08. The minimum Gasteiger partial charge on any atom is -0.496 e. The fourth-order valence-electron chi connectivity index (χ4n) is 2.94. The molecule has 0 unspecified atom stereocenters. The number of halogens is 1. The second-order valence-electron chi connectivity index (χ2n) is 5.99. The Balaban J connectivity index is 1.91. The second-order valence-corrected chi connectivity index (χ2v) is 6.43. The van der Waals surface area contributed by atoms with E-state index in [4.69, 9.17) is 26.2 Å². The molecule has 0 radical (unpaired) electrons. The number of nitrogens with one attached hydrogen (secondary N) is 1. The molecule has 0 aliphatic carbocycles. The number of H-pyrrole nitrogens is 1. The molecular weight excluding hydrogens is 354 g/mol. The van der Waals surface area contributed by atoms with Crippen LogP contribution in [-0.4, -0.2) is 36.2 Å². The molecule has 5 nitrogen and oxygen atoms in total. The Bertz CT molecular complexity index is 948. The number of aromatic amines is 1. The van der Waals surface area contributed by atoms with Crippen molar-refractivity contribution in [2.75, 3.05) is 20.3 Å².